The molecule has 5 heteroatoms. The van der Waals surface area contributed by atoms with Crippen LogP contribution in [0.3, 0.4) is 0 Å². The lowest BCUT2D eigenvalue weighted by Gasteiger charge is -2.26. The molecular weight excluding hydrogens is 184 g/mol. The van der Waals surface area contributed by atoms with Crippen molar-refractivity contribution < 1.29 is 9.19 Å². The van der Waals surface area contributed by atoms with E-state index < -0.39 is 7.38 Å². The Balaban J connectivity index is 4.00. The van der Waals surface area contributed by atoms with Gasteiger partial charge in [0.1, 0.15) is 0 Å². The Bertz CT molecular complexity index is 133. The van der Waals surface area contributed by atoms with E-state index in [1.807, 2.05) is 27.7 Å². The van der Waals surface area contributed by atoms with Crippen molar-refractivity contribution in [2.24, 2.45) is 0 Å². The summed E-state index contributed by atoms with van der Waals surface area (Å²) in [5, 5.41) is 1.62. The van der Waals surface area contributed by atoms with E-state index in [-0.39, 0.29) is 12.1 Å². The van der Waals surface area contributed by atoms with E-state index in [9.17, 15) is 4.57 Å². The highest BCUT2D eigenvalue weighted by Crippen LogP contribution is 2.31. The molecule has 1 atom stereocenters. The third kappa shape index (κ3) is 4.70. The van der Waals surface area contributed by atoms with Crippen molar-refractivity contribution in [2.45, 2.75) is 39.8 Å². The molecule has 0 aliphatic carbocycles. The number of hydrogen-bond acceptors (Lipinski definition) is 3. The normalized spacial score (nSPS) is 13.3. The first-order valence-electron chi connectivity index (χ1n) is 3.54. The fourth-order valence-electron chi connectivity index (χ4n) is 0.859. The smallest absolute Gasteiger partial charge is 0.235 e. The lowest BCUT2D eigenvalue weighted by atomic mass is 10.3. The van der Waals surface area contributed by atoms with Crippen LogP contribution in [0.15, 0.2) is 0 Å². The van der Waals surface area contributed by atoms with Crippen molar-refractivity contribution in [3.8, 4) is 0 Å². The zero-order chi connectivity index (χ0) is 9.02. The molecule has 0 aromatic rings. The third-order valence-corrected chi connectivity index (χ3v) is 1.68. The molecule has 0 aliphatic rings. The van der Waals surface area contributed by atoms with Gasteiger partial charge < -0.3 is 0 Å². The Labute approximate surface area is 73.3 Å². The zero-order valence-electron chi connectivity index (χ0n) is 7.24. The van der Waals surface area contributed by atoms with E-state index in [4.69, 9.17) is 15.9 Å². The summed E-state index contributed by atoms with van der Waals surface area (Å²) in [5.74, 6) is 0. The predicted molar refractivity (Wildman–Crippen MR) is 46.7 cm³/mol. The molecule has 0 aliphatic heterocycles. The Morgan fingerprint density at radius 3 is 1.73 bits per heavy atom. The van der Waals surface area contributed by atoms with Crippen LogP contribution in [0.5, 0.6) is 0 Å². The van der Waals surface area contributed by atoms with Crippen molar-refractivity contribution in [1.29, 1.82) is 0 Å². The maximum Gasteiger partial charge on any atom is 0.333 e. The molecule has 67 valence electrons. The second kappa shape index (κ2) is 5.04. The molecule has 3 nitrogen and oxygen atoms in total. The molecule has 1 unspecified atom stereocenters. The fraction of sp³-hybridized carbons (Fsp3) is 1.00. The summed E-state index contributed by atoms with van der Waals surface area (Å²) >= 11 is 5.21. The molecule has 0 saturated carbocycles. The van der Waals surface area contributed by atoms with Crippen LogP contribution in [0.25, 0.3) is 0 Å². The number of nitrogens with zero attached hydrogens (tertiary/aromatic N) is 1. The lowest BCUT2D eigenvalue weighted by molar-refractivity contribution is -0.102. The number of hydroxylamine groups is 2. The Hall–Kier alpha value is 0.310. The van der Waals surface area contributed by atoms with Gasteiger partial charge in [-0.1, -0.05) is 0 Å². The minimum absolute atomic E-state index is 0.188. The molecule has 0 aromatic heterocycles. The van der Waals surface area contributed by atoms with Crippen LogP contribution >= 0.6 is 18.6 Å². The van der Waals surface area contributed by atoms with Gasteiger partial charge in [-0.25, -0.2) is 4.57 Å². The molecular formula is C6H14ClNO2P. The number of rotatable bonds is 4. The van der Waals surface area contributed by atoms with E-state index in [1.165, 1.54) is 0 Å². The number of hydrogen-bond donors (Lipinski definition) is 0. The minimum atomic E-state index is -2.06. The van der Waals surface area contributed by atoms with Crippen LogP contribution < -0.4 is 0 Å². The van der Waals surface area contributed by atoms with Gasteiger partial charge in [0.2, 0.25) is 0 Å². The quantitative estimate of drug-likeness (QED) is 0.514. The molecule has 0 heterocycles. The first-order valence-corrected chi connectivity index (χ1v) is 5.63. The van der Waals surface area contributed by atoms with Crippen LogP contribution in [-0.4, -0.2) is 17.1 Å². The van der Waals surface area contributed by atoms with Gasteiger partial charge in [0.05, 0.1) is 0 Å². The Morgan fingerprint density at radius 1 is 1.27 bits per heavy atom. The molecule has 0 rings (SSSR count). The average Bonchev–Trinajstić information content (AvgIpc) is 1.81. The zero-order valence-corrected chi connectivity index (χ0v) is 8.89. The molecule has 0 spiro atoms. The molecule has 0 aromatic carbocycles. The van der Waals surface area contributed by atoms with E-state index in [2.05, 4.69) is 0 Å². The lowest BCUT2D eigenvalue weighted by Crippen LogP contribution is -2.34. The summed E-state index contributed by atoms with van der Waals surface area (Å²) in [4.78, 5) is 0. The topological polar surface area (TPSA) is 29.5 Å². The maximum atomic E-state index is 10.5. The second-order valence-electron chi connectivity index (χ2n) is 2.84. The van der Waals surface area contributed by atoms with Crippen LogP contribution in [0.1, 0.15) is 27.7 Å². The van der Waals surface area contributed by atoms with Crippen molar-refractivity contribution in [2.75, 3.05) is 0 Å². The summed E-state index contributed by atoms with van der Waals surface area (Å²) < 4.78 is 15.4. The SMILES string of the molecule is CC(C)N(O[P](=O)Cl)C(C)C. The Morgan fingerprint density at radius 2 is 1.64 bits per heavy atom. The second-order valence-corrected chi connectivity index (χ2v) is 4.26. The Kier molecular flexibility index (Phi) is 5.19. The van der Waals surface area contributed by atoms with Gasteiger partial charge in [0, 0.05) is 23.3 Å². The van der Waals surface area contributed by atoms with Gasteiger partial charge in [-0.15, -0.1) is 0 Å². The van der Waals surface area contributed by atoms with Gasteiger partial charge in [-0.3, -0.25) is 0 Å². The van der Waals surface area contributed by atoms with Gasteiger partial charge in [0.25, 0.3) is 0 Å². The van der Waals surface area contributed by atoms with E-state index >= 15 is 0 Å². The molecule has 1 radical (unpaired) electrons. The highest BCUT2D eigenvalue weighted by Gasteiger charge is 2.16. The molecule has 0 N–H and O–H groups in total. The monoisotopic (exact) mass is 198 g/mol. The van der Waals surface area contributed by atoms with Crippen molar-refractivity contribution in [1.82, 2.24) is 5.06 Å². The summed E-state index contributed by atoms with van der Waals surface area (Å²) in [6, 6.07) is 0.375. The van der Waals surface area contributed by atoms with Crippen LogP contribution in [0.2, 0.25) is 0 Å². The summed E-state index contributed by atoms with van der Waals surface area (Å²) in [5.41, 5.74) is 0. The summed E-state index contributed by atoms with van der Waals surface area (Å²) in [6.07, 6.45) is 0. The van der Waals surface area contributed by atoms with E-state index in [0.29, 0.717) is 0 Å². The van der Waals surface area contributed by atoms with E-state index in [0.717, 1.165) is 0 Å². The fourth-order valence-corrected chi connectivity index (χ4v) is 1.60. The van der Waals surface area contributed by atoms with Crippen molar-refractivity contribution in [3.05, 3.63) is 0 Å². The first-order chi connectivity index (χ1) is 4.95. The van der Waals surface area contributed by atoms with Gasteiger partial charge in [-0.2, -0.15) is 9.69 Å². The van der Waals surface area contributed by atoms with Crippen molar-refractivity contribution in [3.63, 3.8) is 0 Å². The molecule has 11 heavy (non-hydrogen) atoms. The largest absolute Gasteiger partial charge is 0.333 e. The number of halogens is 1. The van der Waals surface area contributed by atoms with Crippen LogP contribution in [-0.2, 0) is 9.19 Å². The summed E-state index contributed by atoms with van der Waals surface area (Å²) in [6.45, 7) is 7.82. The molecule has 0 saturated heterocycles. The van der Waals surface area contributed by atoms with Crippen molar-refractivity contribution >= 4 is 18.6 Å². The molecule has 0 fully saturated rings. The van der Waals surface area contributed by atoms with Gasteiger partial charge in [0.15, 0.2) is 0 Å². The summed E-state index contributed by atoms with van der Waals surface area (Å²) in [7, 11) is -2.06. The molecule has 0 amide bonds. The van der Waals surface area contributed by atoms with E-state index in [1.54, 1.807) is 5.06 Å². The highest BCUT2D eigenvalue weighted by molar-refractivity contribution is 7.69. The highest BCUT2D eigenvalue weighted by atomic mass is 35.7. The first kappa shape index (κ1) is 11.3. The predicted octanol–water partition coefficient (Wildman–Crippen LogP) is 2.93. The maximum absolute atomic E-state index is 10.5. The standard InChI is InChI=1S/C6H14ClNO2P/c1-5(2)8(6(3)4)10-11(7)9/h5-6H,1-4H3. The van der Waals surface area contributed by atoms with Crippen LogP contribution in [0.4, 0.5) is 0 Å². The minimum Gasteiger partial charge on any atom is -0.235 e. The van der Waals surface area contributed by atoms with Crippen LogP contribution in [0, 0.1) is 0 Å². The average molecular weight is 199 g/mol. The van der Waals surface area contributed by atoms with Gasteiger partial charge >= 0.3 is 7.38 Å². The van der Waals surface area contributed by atoms with Gasteiger partial charge in [-0.05, 0) is 27.7 Å². The molecule has 0 bridgehead atoms. The third-order valence-electron chi connectivity index (χ3n) is 1.18.